The monoisotopic (exact) mass is 322 g/mol. The maximum atomic E-state index is 12.9. The van der Waals surface area contributed by atoms with Crippen LogP contribution in [0.15, 0.2) is 24.3 Å². The first-order valence-electron chi connectivity index (χ1n) is 8.09. The Kier molecular flexibility index (Phi) is 3.27. The summed E-state index contributed by atoms with van der Waals surface area (Å²) in [7, 11) is 1.81. The SMILES string of the molecule is Cn1nnc2c1NCCC2C(=O)NC1(c2cccc(C#N)c2)CC1. The summed E-state index contributed by atoms with van der Waals surface area (Å²) in [5.41, 5.74) is 1.99. The minimum Gasteiger partial charge on any atom is -0.369 e. The maximum Gasteiger partial charge on any atom is 0.230 e. The van der Waals surface area contributed by atoms with Gasteiger partial charge >= 0.3 is 0 Å². The third-order valence-corrected chi connectivity index (χ3v) is 4.88. The molecule has 2 aliphatic rings. The Morgan fingerprint density at radius 2 is 2.33 bits per heavy atom. The van der Waals surface area contributed by atoms with Crippen LogP contribution in [0.1, 0.15) is 42.0 Å². The Hall–Kier alpha value is -2.88. The van der Waals surface area contributed by atoms with Gasteiger partial charge in [0, 0.05) is 13.6 Å². The first-order valence-corrected chi connectivity index (χ1v) is 8.09. The molecule has 1 aliphatic heterocycles. The second-order valence-corrected chi connectivity index (χ2v) is 6.48. The molecule has 0 bridgehead atoms. The second-order valence-electron chi connectivity index (χ2n) is 6.48. The largest absolute Gasteiger partial charge is 0.369 e. The number of benzene rings is 1. The summed E-state index contributed by atoms with van der Waals surface area (Å²) in [5.74, 6) is 0.516. The van der Waals surface area contributed by atoms with Crippen LogP contribution >= 0.6 is 0 Å². The van der Waals surface area contributed by atoms with Gasteiger partial charge < -0.3 is 10.6 Å². The summed E-state index contributed by atoms with van der Waals surface area (Å²) in [6, 6.07) is 9.64. The van der Waals surface area contributed by atoms with Gasteiger partial charge in [0.2, 0.25) is 5.91 Å². The maximum absolute atomic E-state index is 12.9. The quantitative estimate of drug-likeness (QED) is 0.890. The predicted octanol–water partition coefficient (Wildman–Crippen LogP) is 1.39. The molecule has 1 saturated carbocycles. The normalized spacial score (nSPS) is 20.4. The number of hydrogen-bond donors (Lipinski definition) is 2. The lowest BCUT2D eigenvalue weighted by atomic mass is 9.95. The molecule has 1 atom stereocenters. The summed E-state index contributed by atoms with van der Waals surface area (Å²) in [6.07, 6.45) is 2.49. The molecular formula is C17H18N6O. The minimum absolute atomic E-state index is 0.0156. The van der Waals surface area contributed by atoms with Crippen molar-refractivity contribution in [3.05, 3.63) is 41.1 Å². The lowest BCUT2D eigenvalue weighted by molar-refractivity contribution is -0.123. The van der Waals surface area contributed by atoms with E-state index in [4.69, 9.17) is 5.26 Å². The number of carbonyl (C=O) groups excluding carboxylic acids is 1. The Bertz CT molecular complexity index is 845. The second kappa shape index (κ2) is 5.34. The van der Waals surface area contributed by atoms with Crippen molar-refractivity contribution in [2.24, 2.45) is 7.05 Å². The van der Waals surface area contributed by atoms with Gasteiger partial charge in [-0.05, 0) is 37.0 Å². The molecule has 2 aromatic rings. The fraction of sp³-hybridized carbons (Fsp3) is 0.412. The highest BCUT2D eigenvalue weighted by Crippen LogP contribution is 2.46. The van der Waals surface area contributed by atoms with Gasteiger partial charge in [-0.25, -0.2) is 4.68 Å². The van der Waals surface area contributed by atoms with E-state index >= 15 is 0 Å². The number of carbonyl (C=O) groups is 1. The van der Waals surface area contributed by atoms with Crippen molar-refractivity contribution in [2.45, 2.75) is 30.7 Å². The highest BCUT2D eigenvalue weighted by molar-refractivity contribution is 5.86. The zero-order chi connectivity index (χ0) is 16.7. The summed E-state index contributed by atoms with van der Waals surface area (Å²) >= 11 is 0. The van der Waals surface area contributed by atoms with Crippen LogP contribution < -0.4 is 10.6 Å². The molecule has 2 heterocycles. The van der Waals surface area contributed by atoms with Crippen molar-refractivity contribution in [3.63, 3.8) is 0 Å². The number of rotatable bonds is 3. The number of amides is 1. The van der Waals surface area contributed by atoms with Crippen molar-refractivity contribution in [3.8, 4) is 6.07 Å². The summed E-state index contributed by atoms with van der Waals surface area (Å²) in [6.45, 7) is 0.725. The molecule has 1 aromatic carbocycles. The molecule has 2 N–H and O–H groups in total. The molecule has 7 nitrogen and oxygen atoms in total. The van der Waals surface area contributed by atoms with Crippen LogP contribution in [0.3, 0.4) is 0 Å². The Labute approximate surface area is 139 Å². The van der Waals surface area contributed by atoms with E-state index < -0.39 is 0 Å². The van der Waals surface area contributed by atoms with Crippen LogP contribution in [0, 0.1) is 11.3 Å². The third-order valence-electron chi connectivity index (χ3n) is 4.88. The van der Waals surface area contributed by atoms with Crippen LogP contribution in [0.2, 0.25) is 0 Å². The molecule has 1 fully saturated rings. The van der Waals surface area contributed by atoms with E-state index in [1.54, 1.807) is 10.7 Å². The smallest absolute Gasteiger partial charge is 0.230 e. The van der Waals surface area contributed by atoms with Crippen LogP contribution in [-0.4, -0.2) is 27.4 Å². The number of nitrogens with one attached hydrogen (secondary N) is 2. The van der Waals surface area contributed by atoms with Crippen LogP contribution in [0.5, 0.6) is 0 Å². The molecule has 1 aliphatic carbocycles. The number of nitrogens with zero attached hydrogens (tertiary/aromatic N) is 4. The minimum atomic E-state index is -0.336. The Morgan fingerprint density at radius 3 is 3.08 bits per heavy atom. The number of nitriles is 1. The standard InChI is InChI=1S/C17H18N6O/c1-23-15-14(21-22-23)13(5-8-19-15)16(24)20-17(6-7-17)12-4-2-3-11(9-12)10-18/h2-4,9,13,19H,5-8H2,1H3,(H,20,24). The summed E-state index contributed by atoms with van der Waals surface area (Å²) < 4.78 is 1.66. The zero-order valence-electron chi connectivity index (χ0n) is 13.4. The van der Waals surface area contributed by atoms with Crippen molar-refractivity contribution < 1.29 is 4.79 Å². The molecule has 4 rings (SSSR count). The lowest BCUT2D eigenvalue weighted by Crippen LogP contribution is -2.40. The van der Waals surface area contributed by atoms with Gasteiger partial charge in [0.15, 0.2) is 0 Å². The molecule has 1 aromatic heterocycles. The predicted molar refractivity (Wildman–Crippen MR) is 87.1 cm³/mol. The van der Waals surface area contributed by atoms with E-state index in [2.05, 4.69) is 27.0 Å². The molecule has 1 unspecified atom stereocenters. The fourth-order valence-corrected chi connectivity index (χ4v) is 3.36. The van der Waals surface area contributed by atoms with Gasteiger partial charge in [-0.1, -0.05) is 17.3 Å². The number of aromatic nitrogens is 3. The molecule has 24 heavy (non-hydrogen) atoms. The number of hydrogen-bond acceptors (Lipinski definition) is 5. The molecular weight excluding hydrogens is 304 g/mol. The molecule has 0 saturated heterocycles. The van der Waals surface area contributed by atoms with E-state index in [1.165, 1.54) is 0 Å². The number of fused-ring (bicyclic) bond motifs is 1. The third kappa shape index (κ3) is 2.31. The molecule has 0 spiro atoms. The molecule has 122 valence electrons. The highest BCUT2D eigenvalue weighted by atomic mass is 16.2. The average Bonchev–Trinajstić information content (AvgIpc) is 3.30. The van der Waals surface area contributed by atoms with Gasteiger partial charge in [0.25, 0.3) is 0 Å². The topological polar surface area (TPSA) is 95.6 Å². The number of anilines is 1. The van der Waals surface area contributed by atoms with Crippen molar-refractivity contribution in [1.82, 2.24) is 20.3 Å². The molecule has 7 heteroatoms. The van der Waals surface area contributed by atoms with E-state index in [-0.39, 0.29) is 17.4 Å². The van der Waals surface area contributed by atoms with Gasteiger partial charge in [-0.2, -0.15) is 5.26 Å². The zero-order valence-corrected chi connectivity index (χ0v) is 13.4. The Balaban J connectivity index is 1.57. The average molecular weight is 322 g/mol. The lowest BCUT2D eigenvalue weighted by Gasteiger charge is -2.25. The van der Waals surface area contributed by atoms with E-state index in [1.807, 2.05) is 25.2 Å². The van der Waals surface area contributed by atoms with Gasteiger partial charge in [-0.3, -0.25) is 4.79 Å². The summed E-state index contributed by atoms with van der Waals surface area (Å²) in [5, 5.41) is 23.7. The van der Waals surface area contributed by atoms with Crippen molar-refractivity contribution in [1.29, 1.82) is 5.26 Å². The van der Waals surface area contributed by atoms with Crippen molar-refractivity contribution >= 4 is 11.7 Å². The highest BCUT2D eigenvalue weighted by Gasteiger charge is 2.47. The van der Waals surface area contributed by atoms with Crippen LogP contribution in [0.25, 0.3) is 0 Å². The summed E-state index contributed by atoms with van der Waals surface area (Å²) in [4.78, 5) is 12.9. The van der Waals surface area contributed by atoms with E-state index in [0.29, 0.717) is 17.7 Å². The fourth-order valence-electron chi connectivity index (χ4n) is 3.36. The molecule has 0 radical (unpaired) electrons. The molecule has 1 amide bonds. The first kappa shape index (κ1) is 14.7. The van der Waals surface area contributed by atoms with Gasteiger partial charge in [0.05, 0.1) is 23.1 Å². The Morgan fingerprint density at radius 1 is 1.50 bits per heavy atom. The van der Waals surface area contributed by atoms with E-state index in [0.717, 1.165) is 30.8 Å². The number of aryl methyl sites for hydroxylation is 1. The van der Waals surface area contributed by atoms with Crippen molar-refractivity contribution in [2.75, 3.05) is 11.9 Å². The van der Waals surface area contributed by atoms with Crippen LogP contribution in [-0.2, 0) is 17.4 Å². The first-order chi connectivity index (χ1) is 11.6. The van der Waals surface area contributed by atoms with Gasteiger partial charge in [-0.15, -0.1) is 5.10 Å². The van der Waals surface area contributed by atoms with Gasteiger partial charge in [0.1, 0.15) is 11.5 Å². The van der Waals surface area contributed by atoms with E-state index in [9.17, 15) is 4.79 Å². The van der Waals surface area contributed by atoms with Crippen LogP contribution in [0.4, 0.5) is 5.82 Å².